The fourth-order valence-electron chi connectivity index (χ4n) is 1.23. The maximum absolute atomic E-state index is 10.6. The Morgan fingerprint density at radius 1 is 1.24 bits per heavy atom. The summed E-state index contributed by atoms with van der Waals surface area (Å²) in [5.41, 5.74) is 0. The first-order valence-electron chi connectivity index (χ1n) is 4.86. The van der Waals surface area contributed by atoms with Crippen LogP contribution in [0.4, 0.5) is 0 Å². The average molecular weight is 250 g/mol. The molecule has 1 atom stereocenters. The first-order valence-corrected chi connectivity index (χ1v) is 6.14. The van der Waals surface area contributed by atoms with Crippen molar-refractivity contribution in [2.24, 2.45) is 0 Å². The van der Waals surface area contributed by atoms with E-state index >= 15 is 0 Å². The maximum atomic E-state index is 10.6. The molecule has 0 aliphatic carbocycles. The molecule has 1 unspecified atom stereocenters. The molecule has 2 aromatic rings. The van der Waals surface area contributed by atoms with Gasteiger partial charge in [-0.2, -0.15) is 4.98 Å². The van der Waals surface area contributed by atoms with Gasteiger partial charge in [-0.05, 0) is 12.1 Å². The second-order valence-electron chi connectivity index (χ2n) is 3.19. The second kappa shape index (κ2) is 5.51. The number of benzene rings is 1. The summed E-state index contributed by atoms with van der Waals surface area (Å²) in [7, 11) is 0. The van der Waals surface area contributed by atoms with E-state index in [4.69, 9.17) is 9.29 Å². The van der Waals surface area contributed by atoms with Gasteiger partial charge in [0.25, 0.3) is 0 Å². The van der Waals surface area contributed by atoms with Crippen LogP contribution in [0.1, 0.15) is 5.82 Å². The lowest BCUT2D eigenvalue weighted by Gasteiger charge is -2.04. The van der Waals surface area contributed by atoms with Crippen LogP contribution in [0.15, 0.2) is 42.6 Å². The molecule has 2 rings (SSSR count). The molecule has 0 aliphatic heterocycles. The van der Waals surface area contributed by atoms with Crippen molar-refractivity contribution in [3.05, 3.63) is 48.4 Å². The Bertz CT molecular complexity index is 519. The van der Waals surface area contributed by atoms with Gasteiger partial charge in [-0.15, -0.1) is 0 Å². The fraction of sp³-hybridized carbons (Fsp3) is 0.0909. The fourth-order valence-corrected chi connectivity index (χ4v) is 1.59. The number of hydrogen-bond donors (Lipinski definition) is 1. The van der Waals surface area contributed by atoms with Crippen molar-refractivity contribution >= 4 is 11.1 Å². The molecule has 1 aromatic carbocycles. The zero-order valence-electron chi connectivity index (χ0n) is 8.81. The molecule has 1 heterocycles. The third-order valence-electron chi connectivity index (χ3n) is 1.90. The van der Waals surface area contributed by atoms with Gasteiger partial charge in [0.05, 0.1) is 0 Å². The topological polar surface area (TPSA) is 72.3 Å². The van der Waals surface area contributed by atoms with Crippen molar-refractivity contribution in [1.82, 2.24) is 9.97 Å². The van der Waals surface area contributed by atoms with Gasteiger partial charge in [0.2, 0.25) is 5.88 Å². The molecule has 0 saturated carbocycles. The van der Waals surface area contributed by atoms with Gasteiger partial charge in [-0.25, -0.2) is 9.19 Å². The maximum Gasteiger partial charge on any atom is 0.222 e. The van der Waals surface area contributed by atoms with Gasteiger partial charge in [-0.3, -0.25) is 0 Å². The zero-order chi connectivity index (χ0) is 12.1. The quantitative estimate of drug-likeness (QED) is 0.840. The van der Waals surface area contributed by atoms with Crippen molar-refractivity contribution in [3.63, 3.8) is 0 Å². The first-order chi connectivity index (χ1) is 8.24. The van der Waals surface area contributed by atoms with E-state index in [9.17, 15) is 4.21 Å². The van der Waals surface area contributed by atoms with Crippen LogP contribution in [-0.2, 0) is 16.8 Å². The van der Waals surface area contributed by atoms with Crippen molar-refractivity contribution < 1.29 is 13.5 Å². The van der Waals surface area contributed by atoms with Gasteiger partial charge in [-0.1, -0.05) is 18.2 Å². The SMILES string of the molecule is O=S(O)Cc1nccc(Oc2ccccc2)n1. The highest BCUT2D eigenvalue weighted by Crippen LogP contribution is 2.18. The second-order valence-corrected chi connectivity index (χ2v) is 4.12. The number of para-hydroxylation sites is 1. The molecule has 17 heavy (non-hydrogen) atoms. The Balaban J connectivity index is 2.14. The lowest BCUT2D eigenvalue weighted by molar-refractivity contribution is 0.459. The van der Waals surface area contributed by atoms with E-state index in [-0.39, 0.29) is 11.6 Å². The molecule has 1 aromatic heterocycles. The summed E-state index contributed by atoms with van der Waals surface area (Å²) >= 11 is -1.95. The lowest BCUT2D eigenvalue weighted by atomic mass is 10.3. The van der Waals surface area contributed by atoms with Crippen LogP contribution in [-0.4, -0.2) is 18.7 Å². The van der Waals surface area contributed by atoms with Gasteiger partial charge < -0.3 is 9.29 Å². The lowest BCUT2D eigenvalue weighted by Crippen LogP contribution is -2.00. The molecule has 6 heteroatoms. The summed E-state index contributed by atoms with van der Waals surface area (Å²) in [5, 5.41) is 0. The third-order valence-corrected chi connectivity index (χ3v) is 2.40. The molecule has 5 nitrogen and oxygen atoms in total. The van der Waals surface area contributed by atoms with Gasteiger partial charge in [0.1, 0.15) is 17.3 Å². The van der Waals surface area contributed by atoms with Crippen molar-refractivity contribution in [2.45, 2.75) is 5.75 Å². The van der Waals surface area contributed by atoms with E-state index in [1.165, 1.54) is 6.20 Å². The van der Waals surface area contributed by atoms with E-state index in [1.54, 1.807) is 18.2 Å². The standard InChI is InChI=1S/C11H10N2O3S/c14-17(15)8-10-12-7-6-11(13-10)16-9-4-2-1-3-5-9/h1-7H,8H2,(H,14,15). The molecule has 0 radical (unpaired) electrons. The summed E-state index contributed by atoms with van der Waals surface area (Å²) in [6.45, 7) is 0. The van der Waals surface area contributed by atoms with E-state index in [0.717, 1.165) is 0 Å². The van der Waals surface area contributed by atoms with Crippen molar-refractivity contribution in [2.75, 3.05) is 0 Å². The molecule has 0 amide bonds. The third kappa shape index (κ3) is 3.61. The molecule has 88 valence electrons. The van der Waals surface area contributed by atoms with E-state index < -0.39 is 11.1 Å². The summed E-state index contributed by atoms with van der Waals surface area (Å²) in [4.78, 5) is 7.90. The van der Waals surface area contributed by atoms with Gasteiger partial charge >= 0.3 is 0 Å². The number of hydrogen-bond acceptors (Lipinski definition) is 4. The Morgan fingerprint density at radius 3 is 2.71 bits per heavy atom. The normalized spacial score (nSPS) is 12.1. The van der Waals surface area contributed by atoms with Gasteiger partial charge in [0.15, 0.2) is 11.1 Å². The average Bonchev–Trinajstić information content (AvgIpc) is 2.30. The molecule has 0 saturated heterocycles. The summed E-state index contributed by atoms with van der Waals surface area (Å²) in [6, 6.07) is 10.8. The largest absolute Gasteiger partial charge is 0.439 e. The summed E-state index contributed by atoms with van der Waals surface area (Å²) < 4.78 is 24.8. The smallest absolute Gasteiger partial charge is 0.222 e. The monoisotopic (exact) mass is 250 g/mol. The molecule has 0 aliphatic rings. The highest BCUT2D eigenvalue weighted by Gasteiger charge is 2.04. The summed E-state index contributed by atoms with van der Waals surface area (Å²) in [5.74, 6) is 1.18. The highest BCUT2D eigenvalue weighted by molar-refractivity contribution is 7.78. The van der Waals surface area contributed by atoms with Crippen LogP contribution in [0.25, 0.3) is 0 Å². The first kappa shape index (κ1) is 11.7. The van der Waals surface area contributed by atoms with Crippen LogP contribution >= 0.6 is 0 Å². The van der Waals surface area contributed by atoms with Crippen LogP contribution in [0.2, 0.25) is 0 Å². The molecular formula is C11H10N2O3S. The predicted octanol–water partition coefficient (Wildman–Crippen LogP) is 1.99. The van der Waals surface area contributed by atoms with Crippen molar-refractivity contribution in [1.29, 1.82) is 0 Å². The van der Waals surface area contributed by atoms with E-state index in [1.807, 2.05) is 18.2 Å². The number of ether oxygens (including phenoxy) is 1. The van der Waals surface area contributed by atoms with Gasteiger partial charge in [0, 0.05) is 12.3 Å². The molecular weight excluding hydrogens is 240 g/mol. The van der Waals surface area contributed by atoms with E-state index in [2.05, 4.69) is 9.97 Å². The van der Waals surface area contributed by atoms with Crippen LogP contribution in [0.5, 0.6) is 11.6 Å². The molecule has 0 bridgehead atoms. The Kier molecular flexibility index (Phi) is 3.79. The minimum atomic E-state index is -1.95. The van der Waals surface area contributed by atoms with Crippen LogP contribution in [0.3, 0.4) is 0 Å². The molecule has 1 N–H and O–H groups in total. The number of nitrogens with zero attached hydrogens (tertiary/aromatic N) is 2. The van der Waals surface area contributed by atoms with Crippen molar-refractivity contribution in [3.8, 4) is 11.6 Å². The Hall–Kier alpha value is -1.79. The Labute approximate surface area is 101 Å². The number of rotatable bonds is 4. The minimum Gasteiger partial charge on any atom is -0.439 e. The molecule has 0 spiro atoms. The number of aromatic nitrogens is 2. The van der Waals surface area contributed by atoms with Crippen LogP contribution < -0.4 is 4.74 Å². The summed E-state index contributed by atoms with van der Waals surface area (Å²) in [6.07, 6.45) is 1.49. The minimum absolute atomic E-state index is 0.105. The highest BCUT2D eigenvalue weighted by atomic mass is 32.2. The Morgan fingerprint density at radius 2 is 2.00 bits per heavy atom. The van der Waals surface area contributed by atoms with Crippen LogP contribution in [0, 0.1) is 0 Å². The molecule has 0 fully saturated rings. The predicted molar refractivity (Wildman–Crippen MR) is 63.0 cm³/mol. The van der Waals surface area contributed by atoms with E-state index in [0.29, 0.717) is 11.6 Å². The zero-order valence-corrected chi connectivity index (χ0v) is 9.63.